The summed E-state index contributed by atoms with van der Waals surface area (Å²) in [7, 11) is 4.01. The topological polar surface area (TPSA) is 71.6 Å². The van der Waals surface area contributed by atoms with E-state index in [1.54, 1.807) is 27.5 Å². The molecule has 28 heavy (non-hydrogen) atoms. The molecule has 4 aromatic rings. The van der Waals surface area contributed by atoms with Gasteiger partial charge in [0.1, 0.15) is 5.82 Å². The van der Waals surface area contributed by atoms with Gasteiger partial charge in [0.15, 0.2) is 5.65 Å². The largest absolute Gasteiger partial charge is 0.353 e. The third kappa shape index (κ3) is 2.91. The normalized spacial score (nSPS) is 15.6. The highest BCUT2D eigenvalue weighted by Gasteiger charge is 2.16. The number of nitrogens with zero attached hydrogens (tertiary/aromatic N) is 7. The lowest BCUT2D eigenvalue weighted by Crippen LogP contribution is -2.45. The second-order valence-corrected chi connectivity index (χ2v) is 7.32. The van der Waals surface area contributed by atoms with E-state index in [0.717, 1.165) is 48.5 Å². The summed E-state index contributed by atoms with van der Waals surface area (Å²) in [6, 6.07) is 7.48. The summed E-state index contributed by atoms with van der Waals surface area (Å²) in [6.07, 6.45) is 5.43. The van der Waals surface area contributed by atoms with E-state index in [4.69, 9.17) is 0 Å². The number of aryl methyl sites for hydroxylation is 1. The lowest BCUT2D eigenvalue weighted by Gasteiger charge is -2.33. The molecule has 1 aliphatic heterocycles. The molecule has 0 saturated carbocycles. The van der Waals surface area contributed by atoms with Crippen molar-refractivity contribution < 1.29 is 0 Å². The average molecular weight is 375 g/mol. The number of rotatable bonds is 2. The first-order chi connectivity index (χ1) is 13.6. The Morgan fingerprint density at radius 2 is 1.82 bits per heavy atom. The Morgan fingerprint density at radius 1 is 1.00 bits per heavy atom. The van der Waals surface area contributed by atoms with E-state index >= 15 is 0 Å². The lowest BCUT2D eigenvalue weighted by atomic mass is 10.1. The Bertz CT molecular complexity index is 1230. The summed E-state index contributed by atoms with van der Waals surface area (Å²) in [5.41, 5.74) is 2.89. The summed E-state index contributed by atoms with van der Waals surface area (Å²) in [4.78, 5) is 26.5. The van der Waals surface area contributed by atoms with Crippen molar-refractivity contribution in [3.8, 4) is 11.3 Å². The van der Waals surface area contributed by atoms with Crippen LogP contribution >= 0.6 is 0 Å². The molecule has 0 spiro atoms. The van der Waals surface area contributed by atoms with Crippen molar-refractivity contribution in [2.24, 2.45) is 7.05 Å². The highest BCUT2D eigenvalue weighted by atomic mass is 16.1. The molecular formula is C20H21N7O. The molecule has 1 aromatic carbocycles. The fourth-order valence-corrected chi connectivity index (χ4v) is 3.66. The van der Waals surface area contributed by atoms with Gasteiger partial charge in [-0.05, 0) is 19.2 Å². The molecule has 1 fully saturated rings. The third-order valence-electron chi connectivity index (χ3n) is 5.28. The molecule has 4 heterocycles. The smallest absolute Gasteiger partial charge is 0.258 e. The molecule has 8 nitrogen and oxygen atoms in total. The number of piperazine rings is 1. The number of fused-ring (bicyclic) bond motifs is 2. The van der Waals surface area contributed by atoms with E-state index in [9.17, 15) is 4.79 Å². The van der Waals surface area contributed by atoms with Crippen LogP contribution in [0.2, 0.25) is 0 Å². The van der Waals surface area contributed by atoms with Crippen LogP contribution in [0.25, 0.3) is 27.8 Å². The summed E-state index contributed by atoms with van der Waals surface area (Å²) < 4.78 is 3.35. The van der Waals surface area contributed by atoms with Gasteiger partial charge in [-0.3, -0.25) is 13.9 Å². The van der Waals surface area contributed by atoms with E-state index in [1.165, 1.54) is 0 Å². The Morgan fingerprint density at radius 3 is 2.64 bits per heavy atom. The molecule has 3 aromatic heterocycles. The summed E-state index contributed by atoms with van der Waals surface area (Å²) in [5.74, 6) is 0.814. The second-order valence-electron chi connectivity index (χ2n) is 7.32. The molecule has 1 aliphatic rings. The summed E-state index contributed by atoms with van der Waals surface area (Å²) >= 11 is 0. The highest BCUT2D eigenvalue weighted by Crippen LogP contribution is 2.22. The van der Waals surface area contributed by atoms with E-state index in [1.807, 2.05) is 31.4 Å². The predicted molar refractivity (Wildman–Crippen MR) is 109 cm³/mol. The number of hydrogen-bond donors (Lipinski definition) is 0. The zero-order valence-corrected chi connectivity index (χ0v) is 15.9. The summed E-state index contributed by atoms with van der Waals surface area (Å²) in [5, 5.41) is 5.41. The first-order valence-electron chi connectivity index (χ1n) is 9.33. The van der Waals surface area contributed by atoms with Crippen molar-refractivity contribution in [1.29, 1.82) is 0 Å². The molecule has 5 rings (SSSR count). The van der Waals surface area contributed by atoms with E-state index in [-0.39, 0.29) is 5.56 Å². The first kappa shape index (κ1) is 16.9. The maximum absolute atomic E-state index is 12.8. The molecule has 8 heteroatoms. The minimum Gasteiger partial charge on any atom is -0.353 e. The zero-order valence-electron chi connectivity index (χ0n) is 15.9. The molecule has 0 bridgehead atoms. The molecule has 0 radical (unpaired) electrons. The van der Waals surface area contributed by atoms with Crippen molar-refractivity contribution in [1.82, 2.24) is 29.0 Å². The van der Waals surface area contributed by atoms with Crippen LogP contribution in [-0.4, -0.2) is 62.3 Å². The maximum atomic E-state index is 12.8. The fraction of sp³-hybridized carbons (Fsp3) is 0.300. The van der Waals surface area contributed by atoms with Crippen LogP contribution < -0.4 is 10.5 Å². The van der Waals surface area contributed by atoms with Crippen molar-refractivity contribution in [3.63, 3.8) is 0 Å². The van der Waals surface area contributed by atoms with E-state index < -0.39 is 0 Å². The molecule has 0 aliphatic carbocycles. The van der Waals surface area contributed by atoms with Gasteiger partial charge in [0, 0.05) is 56.4 Å². The molecular weight excluding hydrogens is 354 g/mol. The van der Waals surface area contributed by atoms with Crippen LogP contribution in [0.4, 0.5) is 5.82 Å². The number of likely N-dealkylation sites (N-methyl/N-ethyl adjacent to an activating group) is 1. The minimum absolute atomic E-state index is 0.107. The highest BCUT2D eigenvalue weighted by molar-refractivity contribution is 5.83. The summed E-state index contributed by atoms with van der Waals surface area (Å²) in [6.45, 7) is 3.78. The number of anilines is 1. The van der Waals surface area contributed by atoms with Crippen LogP contribution in [0.1, 0.15) is 0 Å². The van der Waals surface area contributed by atoms with Crippen LogP contribution in [-0.2, 0) is 7.05 Å². The van der Waals surface area contributed by atoms with Crippen molar-refractivity contribution in [2.45, 2.75) is 0 Å². The van der Waals surface area contributed by atoms with Crippen LogP contribution in [0.15, 0.2) is 47.7 Å². The maximum Gasteiger partial charge on any atom is 0.258 e. The SMILES string of the molecule is CN1CCN(c2cn3c(=O)cc(-c4ccc5nn(C)cc5c4)nc3cn2)CC1. The van der Waals surface area contributed by atoms with Gasteiger partial charge in [0.25, 0.3) is 5.56 Å². The minimum atomic E-state index is -0.107. The quantitative estimate of drug-likeness (QED) is 0.527. The molecule has 0 amide bonds. The van der Waals surface area contributed by atoms with Crippen LogP contribution in [0, 0.1) is 0 Å². The molecule has 0 unspecified atom stereocenters. The molecule has 1 saturated heterocycles. The molecule has 0 atom stereocenters. The van der Waals surface area contributed by atoms with E-state index in [2.05, 4.69) is 31.9 Å². The van der Waals surface area contributed by atoms with Gasteiger partial charge >= 0.3 is 0 Å². The monoisotopic (exact) mass is 375 g/mol. The van der Waals surface area contributed by atoms with Crippen molar-refractivity contribution in [2.75, 3.05) is 38.1 Å². The lowest BCUT2D eigenvalue weighted by molar-refractivity contribution is 0.312. The Labute approximate surface area is 161 Å². The fourth-order valence-electron chi connectivity index (χ4n) is 3.66. The van der Waals surface area contributed by atoms with Crippen molar-refractivity contribution in [3.05, 3.63) is 53.2 Å². The Balaban J connectivity index is 1.54. The number of aromatic nitrogens is 5. The van der Waals surface area contributed by atoms with Gasteiger partial charge in [-0.2, -0.15) is 5.10 Å². The number of hydrogen-bond acceptors (Lipinski definition) is 6. The number of benzene rings is 1. The van der Waals surface area contributed by atoms with Crippen LogP contribution in [0.5, 0.6) is 0 Å². The van der Waals surface area contributed by atoms with Crippen molar-refractivity contribution >= 4 is 22.4 Å². The molecule has 0 N–H and O–H groups in total. The molecule has 142 valence electrons. The van der Waals surface area contributed by atoms with Gasteiger partial charge in [-0.15, -0.1) is 0 Å². The van der Waals surface area contributed by atoms with E-state index in [0.29, 0.717) is 11.3 Å². The Kier molecular flexibility index (Phi) is 3.87. The first-order valence-corrected chi connectivity index (χ1v) is 9.33. The van der Waals surface area contributed by atoms with Gasteiger partial charge in [-0.1, -0.05) is 6.07 Å². The van der Waals surface area contributed by atoms with Crippen LogP contribution in [0.3, 0.4) is 0 Å². The van der Waals surface area contributed by atoms with Gasteiger partial charge in [0.2, 0.25) is 0 Å². The third-order valence-corrected chi connectivity index (χ3v) is 5.28. The standard InChI is InChI=1S/C20H21N7O/c1-24-5-7-26(8-6-24)19-13-27-18(11-21-19)22-17(10-20(27)28)14-3-4-16-15(9-14)12-25(2)23-16/h3-4,9-13H,5-8H2,1-2H3. The van der Waals surface area contributed by atoms with Gasteiger partial charge in [0.05, 0.1) is 23.6 Å². The van der Waals surface area contributed by atoms with Gasteiger partial charge < -0.3 is 9.80 Å². The Hall–Kier alpha value is -3.26. The average Bonchev–Trinajstić information content (AvgIpc) is 3.07. The van der Waals surface area contributed by atoms with Gasteiger partial charge in [-0.25, -0.2) is 9.97 Å². The zero-order chi connectivity index (χ0) is 19.3. The second kappa shape index (κ2) is 6.42. The predicted octanol–water partition coefficient (Wildman–Crippen LogP) is 1.39.